The molecule has 1 amide bonds. The van der Waals surface area contributed by atoms with Gasteiger partial charge in [0.1, 0.15) is 12.0 Å². The van der Waals surface area contributed by atoms with Crippen molar-refractivity contribution >= 4 is 5.91 Å². The van der Waals surface area contributed by atoms with Crippen molar-refractivity contribution in [2.75, 3.05) is 6.54 Å². The average Bonchev–Trinajstić information content (AvgIpc) is 3.04. The molecule has 2 heterocycles. The first-order valence-corrected chi connectivity index (χ1v) is 7.89. The molecular formula is C17H18F3N3O. The third-order valence-electron chi connectivity index (χ3n) is 4.34. The molecule has 1 aliphatic heterocycles. The van der Waals surface area contributed by atoms with Gasteiger partial charge >= 0.3 is 6.18 Å². The number of imidazole rings is 1. The second-order valence-electron chi connectivity index (χ2n) is 6.06. The van der Waals surface area contributed by atoms with E-state index in [4.69, 9.17) is 0 Å². The summed E-state index contributed by atoms with van der Waals surface area (Å²) in [6.45, 7) is 2.69. The average molecular weight is 337 g/mol. The van der Waals surface area contributed by atoms with E-state index in [2.05, 4.69) is 4.98 Å². The van der Waals surface area contributed by atoms with Crippen LogP contribution in [0.5, 0.6) is 0 Å². The fourth-order valence-corrected chi connectivity index (χ4v) is 2.96. The number of alkyl halides is 3. The van der Waals surface area contributed by atoms with Crippen molar-refractivity contribution in [3.05, 3.63) is 48.0 Å². The van der Waals surface area contributed by atoms with E-state index in [1.807, 2.05) is 6.92 Å². The highest BCUT2D eigenvalue weighted by atomic mass is 19.4. The number of carbonyl (C=O) groups excluding carboxylic acids is 1. The van der Waals surface area contributed by atoms with Crippen LogP contribution in [0.1, 0.15) is 42.2 Å². The molecule has 1 aromatic carbocycles. The van der Waals surface area contributed by atoms with Crippen LogP contribution in [0.15, 0.2) is 36.8 Å². The normalized spacial score (nSPS) is 18.7. The van der Waals surface area contributed by atoms with Crippen molar-refractivity contribution in [3.8, 4) is 5.69 Å². The first-order chi connectivity index (χ1) is 11.4. The van der Waals surface area contributed by atoms with Crippen molar-refractivity contribution in [2.24, 2.45) is 0 Å². The number of aromatic nitrogens is 2. The van der Waals surface area contributed by atoms with Crippen LogP contribution in [0, 0.1) is 0 Å². The summed E-state index contributed by atoms with van der Waals surface area (Å²) in [6.07, 6.45) is 1.48. The molecule has 7 heteroatoms. The Balaban J connectivity index is 1.84. The fourth-order valence-electron chi connectivity index (χ4n) is 2.96. The number of benzene rings is 1. The van der Waals surface area contributed by atoms with Crippen LogP contribution in [-0.4, -0.2) is 32.9 Å². The van der Waals surface area contributed by atoms with Crippen LogP contribution in [0.2, 0.25) is 0 Å². The maximum absolute atomic E-state index is 12.8. The zero-order valence-electron chi connectivity index (χ0n) is 13.3. The molecule has 0 radical (unpaired) electrons. The molecule has 1 saturated heterocycles. The van der Waals surface area contributed by atoms with Crippen LogP contribution in [0.4, 0.5) is 13.2 Å². The number of carbonyl (C=O) groups is 1. The molecule has 0 spiro atoms. The molecule has 1 atom stereocenters. The molecule has 3 rings (SSSR count). The topological polar surface area (TPSA) is 38.1 Å². The van der Waals surface area contributed by atoms with E-state index in [0.29, 0.717) is 12.2 Å². The van der Waals surface area contributed by atoms with Gasteiger partial charge in [0.25, 0.3) is 5.91 Å². The summed E-state index contributed by atoms with van der Waals surface area (Å²) < 4.78 is 39.9. The van der Waals surface area contributed by atoms with Crippen LogP contribution < -0.4 is 0 Å². The van der Waals surface area contributed by atoms with Gasteiger partial charge in [0.15, 0.2) is 0 Å². The quantitative estimate of drug-likeness (QED) is 0.833. The molecule has 1 aromatic heterocycles. The van der Waals surface area contributed by atoms with Crippen LogP contribution in [0.25, 0.3) is 5.69 Å². The number of piperidine rings is 1. The number of hydrogen-bond donors (Lipinski definition) is 0. The lowest BCUT2D eigenvalue weighted by molar-refractivity contribution is -0.137. The number of hydrogen-bond acceptors (Lipinski definition) is 2. The summed E-state index contributed by atoms with van der Waals surface area (Å²) in [5.41, 5.74) is -0.157. The van der Waals surface area contributed by atoms with E-state index in [0.717, 1.165) is 31.4 Å². The van der Waals surface area contributed by atoms with Gasteiger partial charge in [-0.2, -0.15) is 13.2 Å². The molecule has 0 N–H and O–H groups in total. The van der Waals surface area contributed by atoms with Gasteiger partial charge in [-0.1, -0.05) is 6.07 Å². The zero-order valence-corrected chi connectivity index (χ0v) is 13.3. The summed E-state index contributed by atoms with van der Waals surface area (Å²) in [7, 11) is 0. The first kappa shape index (κ1) is 16.5. The molecule has 4 nitrogen and oxygen atoms in total. The van der Waals surface area contributed by atoms with Gasteiger partial charge in [0, 0.05) is 24.5 Å². The van der Waals surface area contributed by atoms with Crippen molar-refractivity contribution < 1.29 is 18.0 Å². The van der Waals surface area contributed by atoms with Crippen molar-refractivity contribution in [1.29, 1.82) is 0 Å². The molecule has 0 unspecified atom stereocenters. The summed E-state index contributed by atoms with van der Waals surface area (Å²) in [5.74, 6) is -0.173. The third-order valence-corrected chi connectivity index (χ3v) is 4.34. The monoisotopic (exact) mass is 337 g/mol. The SMILES string of the molecule is C[C@@H]1CCCCN1C(=O)c1cn(-c2cccc(C(F)(F)F)c2)cn1. The van der Waals surface area contributed by atoms with Crippen LogP contribution in [0.3, 0.4) is 0 Å². The Morgan fingerprint density at radius 1 is 1.29 bits per heavy atom. The predicted octanol–water partition coefficient (Wildman–Crippen LogP) is 3.91. The van der Waals surface area contributed by atoms with Crippen LogP contribution in [-0.2, 0) is 6.18 Å². The highest BCUT2D eigenvalue weighted by Crippen LogP contribution is 2.30. The van der Waals surface area contributed by atoms with Gasteiger partial charge < -0.3 is 9.47 Å². The predicted molar refractivity (Wildman–Crippen MR) is 82.9 cm³/mol. The maximum Gasteiger partial charge on any atom is 0.416 e. The highest BCUT2D eigenvalue weighted by Gasteiger charge is 2.30. The first-order valence-electron chi connectivity index (χ1n) is 7.89. The van der Waals surface area contributed by atoms with Gasteiger partial charge in [-0.15, -0.1) is 0 Å². The molecule has 2 aromatic rings. The lowest BCUT2D eigenvalue weighted by atomic mass is 10.0. The molecule has 24 heavy (non-hydrogen) atoms. The Morgan fingerprint density at radius 2 is 2.08 bits per heavy atom. The van der Waals surface area contributed by atoms with Crippen molar-refractivity contribution in [2.45, 2.75) is 38.4 Å². The smallest absolute Gasteiger partial charge is 0.335 e. The number of nitrogens with zero attached hydrogens (tertiary/aromatic N) is 3. The highest BCUT2D eigenvalue weighted by molar-refractivity contribution is 5.92. The van der Waals surface area contributed by atoms with E-state index in [9.17, 15) is 18.0 Å². The molecule has 1 aliphatic rings. The summed E-state index contributed by atoms with van der Waals surface area (Å²) >= 11 is 0. The van der Waals surface area contributed by atoms with E-state index in [-0.39, 0.29) is 17.6 Å². The van der Waals surface area contributed by atoms with Gasteiger partial charge in [0.2, 0.25) is 0 Å². The van der Waals surface area contributed by atoms with E-state index < -0.39 is 11.7 Å². The van der Waals surface area contributed by atoms with Crippen molar-refractivity contribution in [3.63, 3.8) is 0 Å². The molecular weight excluding hydrogens is 319 g/mol. The Morgan fingerprint density at radius 3 is 2.79 bits per heavy atom. The Labute approximate surface area is 137 Å². The van der Waals surface area contributed by atoms with Crippen LogP contribution >= 0.6 is 0 Å². The van der Waals surface area contributed by atoms with E-state index in [1.165, 1.54) is 23.2 Å². The van der Waals surface area contributed by atoms with Crippen molar-refractivity contribution in [1.82, 2.24) is 14.5 Å². The largest absolute Gasteiger partial charge is 0.416 e. The summed E-state index contributed by atoms with van der Waals surface area (Å²) in [6, 6.07) is 5.10. The number of halogens is 3. The van der Waals surface area contributed by atoms with E-state index >= 15 is 0 Å². The maximum atomic E-state index is 12.8. The number of likely N-dealkylation sites (tertiary alicyclic amines) is 1. The molecule has 0 bridgehead atoms. The summed E-state index contributed by atoms with van der Waals surface area (Å²) in [4.78, 5) is 18.4. The Kier molecular flexibility index (Phi) is 4.34. The molecule has 1 fully saturated rings. The number of amides is 1. The third kappa shape index (κ3) is 3.29. The standard InChI is InChI=1S/C17H18F3N3O/c1-12-5-2-3-8-23(12)16(24)15-10-22(11-21-15)14-7-4-6-13(9-14)17(18,19)20/h4,6-7,9-12H,2-3,5,8H2,1H3/t12-/m1/s1. The second-order valence-corrected chi connectivity index (χ2v) is 6.06. The Bertz CT molecular complexity index is 739. The van der Waals surface area contributed by atoms with Gasteiger partial charge in [-0.05, 0) is 44.4 Å². The summed E-state index contributed by atoms with van der Waals surface area (Å²) in [5, 5.41) is 0. The molecule has 0 aliphatic carbocycles. The second kappa shape index (κ2) is 6.30. The zero-order chi connectivity index (χ0) is 17.3. The Hall–Kier alpha value is -2.31. The molecule has 128 valence electrons. The lowest BCUT2D eigenvalue weighted by Crippen LogP contribution is -2.42. The number of rotatable bonds is 2. The minimum Gasteiger partial charge on any atom is -0.335 e. The fraction of sp³-hybridized carbons (Fsp3) is 0.412. The minimum atomic E-state index is -4.40. The van der Waals surface area contributed by atoms with Gasteiger partial charge in [0.05, 0.1) is 5.56 Å². The minimum absolute atomic E-state index is 0.157. The van der Waals surface area contributed by atoms with Gasteiger partial charge in [-0.3, -0.25) is 4.79 Å². The molecule has 0 saturated carbocycles. The lowest BCUT2D eigenvalue weighted by Gasteiger charge is -2.32. The van der Waals surface area contributed by atoms with Gasteiger partial charge in [-0.25, -0.2) is 4.98 Å². The van der Waals surface area contributed by atoms with E-state index in [1.54, 1.807) is 11.0 Å².